The fourth-order valence-electron chi connectivity index (χ4n) is 3.39. The van der Waals surface area contributed by atoms with Crippen LogP contribution in [0, 0.1) is 23.0 Å². The van der Waals surface area contributed by atoms with E-state index in [4.69, 9.17) is 0 Å². The van der Waals surface area contributed by atoms with Crippen LogP contribution in [0.25, 0.3) is 11.1 Å². The number of nitrogens with one attached hydrogen (secondary N) is 1. The molecule has 1 saturated carbocycles. The Morgan fingerprint density at radius 3 is 2.73 bits per heavy atom. The van der Waals surface area contributed by atoms with Gasteiger partial charge in [0.1, 0.15) is 17.7 Å². The van der Waals surface area contributed by atoms with Crippen LogP contribution in [0.2, 0.25) is 0 Å². The van der Waals surface area contributed by atoms with E-state index in [1.165, 1.54) is 12.3 Å². The van der Waals surface area contributed by atoms with Crippen molar-refractivity contribution in [2.24, 2.45) is 0 Å². The third-order valence-corrected chi connectivity index (χ3v) is 4.83. The fourth-order valence-corrected chi connectivity index (χ4v) is 3.39. The number of aromatic nitrogens is 2. The number of hydrogen-bond donors (Lipinski definition) is 1. The van der Waals surface area contributed by atoms with Crippen LogP contribution in [0.3, 0.4) is 0 Å². The molecule has 0 spiro atoms. The number of benzene rings is 1. The Hall–Kier alpha value is -2.59. The van der Waals surface area contributed by atoms with Crippen LogP contribution in [-0.2, 0) is 0 Å². The zero-order valence-electron chi connectivity index (χ0n) is 14.8. The molecule has 7 heteroatoms. The topological polar surface area (TPSA) is 64.8 Å². The Labute approximate surface area is 151 Å². The monoisotopic (exact) mass is 357 g/mol. The first-order valence-corrected chi connectivity index (χ1v) is 8.63. The van der Waals surface area contributed by atoms with E-state index in [2.05, 4.69) is 34.3 Å². The van der Waals surface area contributed by atoms with Gasteiger partial charge >= 0.3 is 0 Å². The standard InChI is InChI=1S/C19H21F2N5/c1-26(2)14-5-3-4-13(9-14)24-19-23-11-16(18(10-22)25-19)15-7-6-12(20)8-17(15)21/h6-8,11,13-14H,3-5,9H2,1-2H3,(H,23,24,25). The van der Waals surface area contributed by atoms with E-state index in [1.807, 2.05) is 6.07 Å². The van der Waals surface area contributed by atoms with Crippen molar-refractivity contribution in [1.29, 1.82) is 5.26 Å². The molecule has 26 heavy (non-hydrogen) atoms. The van der Waals surface area contributed by atoms with Crippen LogP contribution in [0.4, 0.5) is 14.7 Å². The van der Waals surface area contributed by atoms with Gasteiger partial charge in [-0.05, 0) is 51.9 Å². The van der Waals surface area contributed by atoms with Crippen molar-refractivity contribution < 1.29 is 8.78 Å². The molecule has 1 fully saturated rings. The van der Waals surface area contributed by atoms with Crippen molar-refractivity contribution in [2.45, 2.75) is 37.8 Å². The lowest BCUT2D eigenvalue weighted by Crippen LogP contribution is -2.38. The van der Waals surface area contributed by atoms with Crippen molar-refractivity contribution in [2.75, 3.05) is 19.4 Å². The molecule has 1 aromatic carbocycles. The van der Waals surface area contributed by atoms with Crippen molar-refractivity contribution in [3.63, 3.8) is 0 Å². The summed E-state index contributed by atoms with van der Waals surface area (Å²) in [5.74, 6) is -1.05. The predicted molar refractivity (Wildman–Crippen MR) is 95.5 cm³/mol. The van der Waals surface area contributed by atoms with E-state index in [9.17, 15) is 14.0 Å². The molecular weight excluding hydrogens is 336 g/mol. The quantitative estimate of drug-likeness (QED) is 0.906. The summed E-state index contributed by atoms with van der Waals surface area (Å²) in [5, 5.41) is 12.7. The van der Waals surface area contributed by atoms with Gasteiger partial charge in [-0.15, -0.1) is 0 Å². The number of hydrogen-bond acceptors (Lipinski definition) is 5. The molecular formula is C19H21F2N5. The smallest absolute Gasteiger partial charge is 0.224 e. The Morgan fingerprint density at radius 2 is 2.04 bits per heavy atom. The van der Waals surface area contributed by atoms with E-state index >= 15 is 0 Å². The SMILES string of the molecule is CN(C)C1CCCC(Nc2ncc(-c3ccc(F)cc3F)c(C#N)n2)C1. The highest BCUT2D eigenvalue weighted by Gasteiger charge is 2.24. The summed E-state index contributed by atoms with van der Waals surface area (Å²) in [6.07, 6.45) is 5.69. The molecule has 1 aliphatic rings. The van der Waals surface area contributed by atoms with Gasteiger partial charge in [0.05, 0.1) is 0 Å². The third-order valence-electron chi connectivity index (χ3n) is 4.83. The summed E-state index contributed by atoms with van der Waals surface area (Å²) in [7, 11) is 4.15. The Bertz CT molecular complexity index is 831. The van der Waals surface area contributed by atoms with Gasteiger partial charge in [0, 0.05) is 35.5 Å². The lowest BCUT2D eigenvalue weighted by Gasteiger charge is -2.33. The van der Waals surface area contributed by atoms with Crippen LogP contribution in [0.15, 0.2) is 24.4 Å². The maximum absolute atomic E-state index is 14.0. The van der Waals surface area contributed by atoms with Gasteiger partial charge in [-0.3, -0.25) is 0 Å². The van der Waals surface area contributed by atoms with Crippen molar-refractivity contribution >= 4 is 5.95 Å². The second-order valence-electron chi connectivity index (χ2n) is 6.82. The maximum atomic E-state index is 14.0. The molecule has 5 nitrogen and oxygen atoms in total. The molecule has 1 N–H and O–H groups in total. The minimum Gasteiger partial charge on any atom is -0.351 e. The summed E-state index contributed by atoms with van der Waals surface area (Å²) in [4.78, 5) is 10.7. The zero-order chi connectivity index (χ0) is 18.7. The molecule has 3 rings (SSSR count). The van der Waals surface area contributed by atoms with Crippen LogP contribution in [-0.4, -0.2) is 41.0 Å². The van der Waals surface area contributed by atoms with Gasteiger partial charge < -0.3 is 10.2 Å². The number of halogens is 2. The number of rotatable bonds is 4. The predicted octanol–water partition coefficient (Wildman–Crippen LogP) is 3.58. The molecule has 0 aliphatic heterocycles. The van der Waals surface area contributed by atoms with Crippen molar-refractivity contribution in [3.8, 4) is 17.2 Å². The van der Waals surface area contributed by atoms with Crippen LogP contribution >= 0.6 is 0 Å². The Kier molecular flexibility index (Phi) is 5.43. The zero-order valence-corrected chi connectivity index (χ0v) is 14.8. The maximum Gasteiger partial charge on any atom is 0.224 e. The molecule has 1 aliphatic carbocycles. The van der Waals surface area contributed by atoms with Gasteiger partial charge in [-0.2, -0.15) is 5.26 Å². The largest absolute Gasteiger partial charge is 0.351 e. The Morgan fingerprint density at radius 1 is 1.23 bits per heavy atom. The first kappa shape index (κ1) is 18.2. The highest BCUT2D eigenvalue weighted by Crippen LogP contribution is 2.27. The Balaban J connectivity index is 1.82. The van der Waals surface area contributed by atoms with Crippen LogP contribution in [0.1, 0.15) is 31.4 Å². The van der Waals surface area contributed by atoms with Gasteiger partial charge in [0.15, 0.2) is 5.69 Å². The first-order valence-electron chi connectivity index (χ1n) is 8.63. The number of nitriles is 1. The van der Waals surface area contributed by atoms with Crippen molar-refractivity contribution in [3.05, 3.63) is 41.7 Å². The minimum absolute atomic E-state index is 0.0629. The molecule has 1 heterocycles. The summed E-state index contributed by atoms with van der Waals surface area (Å²) in [6, 6.07) is 5.94. The lowest BCUT2D eigenvalue weighted by molar-refractivity contribution is 0.219. The third kappa shape index (κ3) is 3.97. The van der Waals surface area contributed by atoms with E-state index in [-0.39, 0.29) is 22.9 Å². The normalized spacial score (nSPS) is 20.0. The summed E-state index contributed by atoms with van der Waals surface area (Å²) < 4.78 is 27.1. The van der Waals surface area contributed by atoms with Gasteiger partial charge in [0.25, 0.3) is 0 Å². The summed E-state index contributed by atoms with van der Waals surface area (Å²) in [6.45, 7) is 0. The van der Waals surface area contributed by atoms with Crippen LogP contribution in [0.5, 0.6) is 0 Å². The van der Waals surface area contributed by atoms with E-state index < -0.39 is 11.6 Å². The van der Waals surface area contributed by atoms with E-state index in [0.29, 0.717) is 12.0 Å². The molecule has 2 unspecified atom stereocenters. The number of anilines is 1. The second kappa shape index (κ2) is 7.75. The lowest BCUT2D eigenvalue weighted by atomic mass is 9.90. The van der Waals surface area contributed by atoms with Gasteiger partial charge in [0.2, 0.25) is 5.95 Å². The van der Waals surface area contributed by atoms with Gasteiger partial charge in [-0.25, -0.2) is 18.7 Å². The highest BCUT2D eigenvalue weighted by molar-refractivity contribution is 5.69. The minimum atomic E-state index is -0.744. The molecule has 2 atom stereocenters. The first-order chi connectivity index (χ1) is 12.5. The highest BCUT2D eigenvalue weighted by atomic mass is 19.1. The molecule has 0 radical (unpaired) electrons. The average molecular weight is 357 g/mol. The van der Waals surface area contributed by atoms with Crippen molar-refractivity contribution in [1.82, 2.24) is 14.9 Å². The average Bonchev–Trinajstić information content (AvgIpc) is 2.62. The summed E-state index contributed by atoms with van der Waals surface area (Å²) >= 11 is 0. The van der Waals surface area contributed by atoms with E-state index in [1.54, 1.807) is 0 Å². The number of nitrogens with zero attached hydrogens (tertiary/aromatic N) is 4. The van der Waals surface area contributed by atoms with Gasteiger partial charge in [-0.1, -0.05) is 0 Å². The summed E-state index contributed by atoms with van der Waals surface area (Å²) in [5.41, 5.74) is 0.429. The van der Waals surface area contributed by atoms with E-state index in [0.717, 1.165) is 37.8 Å². The molecule has 0 saturated heterocycles. The molecule has 2 aromatic rings. The van der Waals surface area contributed by atoms with Crippen LogP contribution < -0.4 is 5.32 Å². The molecule has 1 aromatic heterocycles. The fraction of sp³-hybridized carbons (Fsp3) is 0.421. The second-order valence-corrected chi connectivity index (χ2v) is 6.82. The molecule has 0 bridgehead atoms. The molecule has 136 valence electrons. The molecule has 0 amide bonds.